The van der Waals surface area contributed by atoms with Crippen LogP contribution in [-0.2, 0) is 0 Å². The zero-order chi connectivity index (χ0) is 11.7. The summed E-state index contributed by atoms with van der Waals surface area (Å²) in [6.45, 7) is 3.44. The summed E-state index contributed by atoms with van der Waals surface area (Å²) < 4.78 is 5.29. The third kappa shape index (κ3) is 2.00. The van der Waals surface area contributed by atoms with E-state index in [4.69, 9.17) is 4.74 Å². The second-order valence-corrected chi connectivity index (χ2v) is 5.03. The number of anilines is 1. The van der Waals surface area contributed by atoms with Gasteiger partial charge in [0.05, 0.1) is 7.11 Å². The van der Waals surface area contributed by atoms with Crippen molar-refractivity contribution < 1.29 is 4.74 Å². The molecule has 0 spiro atoms. The first-order valence-electron chi connectivity index (χ1n) is 6.51. The van der Waals surface area contributed by atoms with Gasteiger partial charge in [0, 0.05) is 18.3 Å². The molecule has 1 fully saturated rings. The Hall–Kier alpha value is -1.22. The number of fused-ring (bicyclic) bond motifs is 1. The molecule has 2 aliphatic rings. The molecule has 2 N–H and O–H groups in total. The first-order chi connectivity index (χ1) is 8.38. The van der Waals surface area contributed by atoms with Crippen molar-refractivity contribution in [3.05, 3.63) is 23.8 Å². The normalized spacial score (nSPS) is 27.4. The van der Waals surface area contributed by atoms with Crippen LogP contribution in [0.3, 0.4) is 0 Å². The molecule has 0 bridgehead atoms. The lowest BCUT2D eigenvalue weighted by atomic mass is 9.80. The van der Waals surface area contributed by atoms with E-state index < -0.39 is 0 Å². The number of rotatable bonds is 2. The number of hydrogen-bond donors (Lipinski definition) is 2. The number of nitrogens with one attached hydrogen (secondary N) is 2. The number of hydrogen-bond acceptors (Lipinski definition) is 3. The third-order valence-electron chi connectivity index (χ3n) is 4.10. The van der Waals surface area contributed by atoms with E-state index in [0.29, 0.717) is 5.92 Å². The largest absolute Gasteiger partial charge is 0.497 e. The van der Waals surface area contributed by atoms with Crippen molar-refractivity contribution >= 4 is 5.69 Å². The maximum Gasteiger partial charge on any atom is 0.120 e. The van der Waals surface area contributed by atoms with E-state index in [1.54, 1.807) is 7.11 Å². The molecule has 2 unspecified atom stereocenters. The van der Waals surface area contributed by atoms with Crippen LogP contribution in [0.5, 0.6) is 5.75 Å². The Kier molecular flexibility index (Phi) is 2.93. The Labute approximate surface area is 103 Å². The number of ether oxygens (including phenoxy) is 1. The summed E-state index contributed by atoms with van der Waals surface area (Å²) in [5, 5.41) is 6.97. The minimum absolute atomic E-state index is 0.715. The van der Waals surface area contributed by atoms with Gasteiger partial charge in [-0.2, -0.15) is 0 Å². The van der Waals surface area contributed by atoms with Crippen LogP contribution in [-0.4, -0.2) is 26.7 Å². The van der Waals surface area contributed by atoms with Crippen molar-refractivity contribution in [3.63, 3.8) is 0 Å². The Bertz CT molecular complexity index is 399. The highest BCUT2D eigenvalue weighted by atomic mass is 16.5. The zero-order valence-electron chi connectivity index (χ0n) is 10.3. The smallest absolute Gasteiger partial charge is 0.120 e. The van der Waals surface area contributed by atoms with Crippen LogP contribution in [0.15, 0.2) is 18.2 Å². The van der Waals surface area contributed by atoms with Crippen LogP contribution in [0.1, 0.15) is 24.3 Å². The molecule has 92 valence electrons. The fourth-order valence-electron chi connectivity index (χ4n) is 3.17. The van der Waals surface area contributed by atoms with E-state index in [1.165, 1.54) is 37.2 Å². The summed E-state index contributed by atoms with van der Waals surface area (Å²) in [4.78, 5) is 0. The maximum atomic E-state index is 5.29. The predicted molar refractivity (Wildman–Crippen MR) is 69.8 cm³/mol. The second kappa shape index (κ2) is 4.57. The lowest BCUT2D eigenvalue weighted by Crippen LogP contribution is -2.24. The molecular formula is C14H20N2O. The summed E-state index contributed by atoms with van der Waals surface area (Å²) in [5.74, 6) is 2.47. The summed E-state index contributed by atoms with van der Waals surface area (Å²) >= 11 is 0. The SMILES string of the molecule is COc1ccc2c(c1)NCCC2C1CCNC1. The van der Waals surface area contributed by atoms with Gasteiger partial charge < -0.3 is 15.4 Å². The quantitative estimate of drug-likeness (QED) is 0.820. The molecule has 17 heavy (non-hydrogen) atoms. The molecule has 3 heteroatoms. The molecule has 2 heterocycles. The maximum absolute atomic E-state index is 5.29. The summed E-state index contributed by atoms with van der Waals surface area (Å²) in [7, 11) is 1.73. The lowest BCUT2D eigenvalue weighted by molar-refractivity contribution is 0.411. The van der Waals surface area contributed by atoms with Crippen molar-refractivity contribution in [1.29, 1.82) is 0 Å². The topological polar surface area (TPSA) is 33.3 Å². The molecule has 3 nitrogen and oxygen atoms in total. The Morgan fingerprint density at radius 3 is 2.94 bits per heavy atom. The molecular weight excluding hydrogens is 212 g/mol. The fraction of sp³-hybridized carbons (Fsp3) is 0.571. The van der Waals surface area contributed by atoms with Crippen LogP contribution in [0, 0.1) is 5.92 Å². The van der Waals surface area contributed by atoms with E-state index in [1.807, 2.05) is 0 Å². The van der Waals surface area contributed by atoms with Gasteiger partial charge >= 0.3 is 0 Å². The monoisotopic (exact) mass is 232 g/mol. The molecule has 0 saturated carbocycles. The van der Waals surface area contributed by atoms with Crippen molar-refractivity contribution in [1.82, 2.24) is 5.32 Å². The highest BCUT2D eigenvalue weighted by Gasteiger charge is 2.29. The molecule has 1 aromatic carbocycles. The van der Waals surface area contributed by atoms with E-state index in [2.05, 4.69) is 28.8 Å². The summed E-state index contributed by atoms with van der Waals surface area (Å²) in [6.07, 6.45) is 2.57. The minimum Gasteiger partial charge on any atom is -0.497 e. The van der Waals surface area contributed by atoms with Gasteiger partial charge in [0.15, 0.2) is 0 Å². The van der Waals surface area contributed by atoms with Crippen molar-refractivity contribution in [3.8, 4) is 5.75 Å². The number of methoxy groups -OCH3 is 1. The van der Waals surface area contributed by atoms with Crippen LogP contribution in [0.25, 0.3) is 0 Å². The molecule has 1 aromatic rings. The van der Waals surface area contributed by atoms with Gasteiger partial charge in [-0.15, -0.1) is 0 Å². The average Bonchev–Trinajstić information content (AvgIpc) is 2.91. The molecule has 1 saturated heterocycles. The molecule has 0 amide bonds. The van der Waals surface area contributed by atoms with Gasteiger partial charge in [-0.05, 0) is 49.4 Å². The van der Waals surface area contributed by atoms with Crippen LogP contribution in [0.2, 0.25) is 0 Å². The molecule has 0 aromatic heterocycles. The number of benzene rings is 1. The van der Waals surface area contributed by atoms with Crippen molar-refractivity contribution in [2.24, 2.45) is 5.92 Å². The molecule has 0 aliphatic carbocycles. The van der Waals surface area contributed by atoms with Gasteiger partial charge in [-0.25, -0.2) is 0 Å². The van der Waals surface area contributed by atoms with Crippen LogP contribution in [0.4, 0.5) is 5.69 Å². The highest BCUT2D eigenvalue weighted by Crippen LogP contribution is 2.40. The van der Waals surface area contributed by atoms with Crippen LogP contribution < -0.4 is 15.4 Å². The first-order valence-corrected chi connectivity index (χ1v) is 6.51. The van der Waals surface area contributed by atoms with Crippen molar-refractivity contribution in [2.75, 3.05) is 32.1 Å². The molecule has 2 aliphatic heterocycles. The first kappa shape index (κ1) is 10.9. The Morgan fingerprint density at radius 2 is 2.18 bits per heavy atom. The molecule has 2 atom stereocenters. The van der Waals surface area contributed by atoms with E-state index in [-0.39, 0.29) is 0 Å². The average molecular weight is 232 g/mol. The summed E-state index contributed by atoms with van der Waals surface area (Å²) in [6, 6.07) is 6.45. The predicted octanol–water partition coefficient (Wildman–Crippen LogP) is 2.20. The Morgan fingerprint density at radius 1 is 1.24 bits per heavy atom. The zero-order valence-corrected chi connectivity index (χ0v) is 10.3. The second-order valence-electron chi connectivity index (χ2n) is 5.03. The molecule has 0 radical (unpaired) electrons. The summed E-state index contributed by atoms with van der Waals surface area (Å²) in [5.41, 5.74) is 2.75. The van der Waals surface area contributed by atoms with Gasteiger partial charge in [0.1, 0.15) is 5.75 Å². The molecule has 3 rings (SSSR count). The van der Waals surface area contributed by atoms with Crippen LogP contribution >= 0.6 is 0 Å². The standard InChI is InChI=1S/C14H20N2O/c1-17-11-2-3-13-12(10-4-6-15-9-10)5-7-16-14(13)8-11/h2-3,8,10,12,15-16H,4-7,9H2,1H3. The highest BCUT2D eigenvalue weighted by molar-refractivity contribution is 5.58. The van der Waals surface area contributed by atoms with E-state index in [0.717, 1.165) is 18.2 Å². The van der Waals surface area contributed by atoms with E-state index in [9.17, 15) is 0 Å². The lowest BCUT2D eigenvalue weighted by Gasteiger charge is -2.31. The third-order valence-corrected chi connectivity index (χ3v) is 4.10. The van der Waals surface area contributed by atoms with Crippen molar-refractivity contribution in [2.45, 2.75) is 18.8 Å². The Balaban J connectivity index is 1.90. The van der Waals surface area contributed by atoms with Gasteiger partial charge in [0.25, 0.3) is 0 Å². The van der Waals surface area contributed by atoms with E-state index >= 15 is 0 Å². The van der Waals surface area contributed by atoms with Gasteiger partial charge in [0.2, 0.25) is 0 Å². The fourth-order valence-corrected chi connectivity index (χ4v) is 3.17. The van der Waals surface area contributed by atoms with Gasteiger partial charge in [-0.3, -0.25) is 0 Å². The minimum atomic E-state index is 0.715. The van der Waals surface area contributed by atoms with Gasteiger partial charge in [-0.1, -0.05) is 6.07 Å².